The molecule has 2 heterocycles. The van der Waals surface area contributed by atoms with Crippen molar-refractivity contribution in [3.63, 3.8) is 0 Å². The second kappa shape index (κ2) is 9.86. The summed E-state index contributed by atoms with van der Waals surface area (Å²) in [6.07, 6.45) is 1.23. The molecule has 0 bridgehead atoms. The number of cyclic esters (lactones) is 1. The Morgan fingerprint density at radius 1 is 1.24 bits per heavy atom. The number of benzene rings is 2. The van der Waals surface area contributed by atoms with Gasteiger partial charge in [-0.1, -0.05) is 60.7 Å². The molecule has 1 aliphatic heterocycles. The monoisotopic (exact) mass is 455 g/mol. The van der Waals surface area contributed by atoms with Crippen LogP contribution in [0, 0.1) is 0 Å². The maximum absolute atomic E-state index is 14.5. The van der Waals surface area contributed by atoms with Crippen LogP contribution in [0.1, 0.15) is 17.5 Å². The van der Waals surface area contributed by atoms with Crippen LogP contribution in [0.15, 0.2) is 66.7 Å². The van der Waals surface area contributed by atoms with E-state index in [0.29, 0.717) is 25.2 Å². The lowest BCUT2D eigenvalue weighted by molar-refractivity contribution is -0.0929. The second-order valence-electron chi connectivity index (χ2n) is 7.71. The van der Waals surface area contributed by atoms with Crippen LogP contribution in [0.25, 0.3) is 11.4 Å². The first-order chi connectivity index (χ1) is 15.9. The third kappa shape index (κ3) is 5.23. The molecule has 1 saturated heterocycles. The molecule has 0 saturated carbocycles. The average Bonchev–Trinajstić information content (AvgIpc) is 3.49. The van der Waals surface area contributed by atoms with Crippen molar-refractivity contribution in [1.82, 2.24) is 25.5 Å². The fraction of sp³-hybridized carbons (Fsp3) is 0.304. The molecule has 10 heteroatoms. The quantitative estimate of drug-likeness (QED) is 0.480. The van der Waals surface area contributed by atoms with E-state index in [1.807, 2.05) is 24.3 Å². The Balaban J connectivity index is 1.35. The van der Waals surface area contributed by atoms with Gasteiger partial charge >= 0.3 is 12.0 Å². The fourth-order valence-electron chi connectivity index (χ4n) is 3.68. The minimum absolute atomic E-state index is 0.0486. The SMILES string of the molecule is O=C1OCC(/C=C/C(O)C(F)(F)c2ccccc2)N1CCCc1cccc(-c2nnn[nH]2)c1. The van der Waals surface area contributed by atoms with E-state index in [4.69, 9.17) is 4.74 Å². The number of alkyl halides is 2. The summed E-state index contributed by atoms with van der Waals surface area (Å²) in [4.78, 5) is 13.6. The average molecular weight is 455 g/mol. The molecule has 8 nitrogen and oxygen atoms in total. The van der Waals surface area contributed by atoms with Gasteiger partial charge in [-0.2, -0.15) is 8.78 Å². The van der Waals surface area contributed by atoms with Gasteiger partial charge in [0.15, 0.2) is 5.82 Å². The highest BCUT2D eigenvalue weighted by Crippen LogP contribution is 2.32. The molecule has 3 aromatic rings. The first kappa shape index (κ1) is 22.5. The molecule has 33 heavy (non-hydrogen) atoms. The number of aliphatic hydroxyl groups is 1. The molecule has 1 amide bonds. The summed E-state index contributed by atoms with van der Waals surface area (Å²) in [6.45, 7) is 0.431. The predicted molar refractivity (Wildman–Crippen MR) is 115 cm³/mol. The largest absolute Gasteiger partial charge is 0.447 e. The lowest BCUT2D eigenvalue weighted by Gasteiger charge is -2.22. The topological polar surface area (TPSA) is 104 Å². The zero-order valence-corrected chi connectivity index (χ0v) is 17.6. The molecular weight excluding hydrogens is 432 g/mol. The van der Waals surface area contributed by atoms with E-state index in [1.165, 1.54) is 35.2 Å². The number of ether oxygens (including phenoxy) is 1. The number of nitrogens with zero attached hydrogens (tertiary/aromatic N) is 4. The van der Waals surface area contributed by atoms with Gasteiger partial charge in [-0.3, -0.25) is 4.90 Å². The van der Waals surface area contributed by atoms with Gasteiger partial charge in [0.1, 0.15) is 12.7 Å². The van der Waals surface area contributed by atoms with Crippen molar-refractivity contribution in [2.45, 2.75) is 30.9 Å². The van der Waals surface area contributed by atoms with Crippen LogP contribution in [0.2, 0.25) is 0 Å². The number of carbonyl (C=O) groups excluding carboxylic acids is 1. The summed E-state index contributed by atoms with van der Waals surface area (Å²) in [5.41, 5.74) is 1.62. The zero-order valence-electron chi connectivity index (χ0n) is 17.6. The Labute approximate surface area is 188 Å². The number of rotatable bonds is 9. The normalized spacial score (nSPS) is 17.5. The standard InChI is InChI=1S/C23H23F2N5O3/c24-23(25,18-9-2-1-3-10-18)20(31)12-11-19-15-33-22(32)30(19)13-5-7-16-6-4-8-17(14-16)21-26-28-29-27-21/h1-4,6,8-12,14,19-20,31H,5,7,13,15H2,(H,26,27,28,29)/b12-11+. The van der Waals surface area contributed by atoms with Gasteiger partial charge in [-0.25, -0.2) is 9.89 Å². The van der Waals surface area contributed by atoms with Crippen LogP contribution < -0.4 is 0 Å². The number of tetrazole rings is 1. The van der Waals surface area contributed by atoms with E-state index in [2.05, 4.69) is 20.6 Å². The lowest BCUT2D eigenvalue weighted by atomic mass is 10.0. The molecule has 0 aliphatic carbocycles. The van der Waals surface area contributed by atoms with Crippen molar-refractivity contribution in [2.24, 2.45) is 0 Å². The van der Waals surface area contributed by atoms with E-state index < -0.39 is 24.2 Å². The van der Waals surface area contributed by atoms with E-state index >= 15 is 0 Å². The maximum atomic E-state index is 14.5. The van der Waals surface area contributed by atoms with Crippen LogP contribution in [0.4, 0.5) is 13.6 Å². The number of nitrogens with one attached hydrogen (secondary N) is 1. The van der Waals surface area contributed by atoms with Crippen LogP contribution >= 0.6 is 0 Å². The molecular formula is C23H23F2N5O3. The number of halogens is 2. The van der Waals surface area contributed by atoms with Gasteiger partial charge in [0, 0.05) is 17.7 Å². The van der Waals surface area contributed by atoms with Crippen molar-refractivity contribution in [1.29, 1.82) is 0 Å². The molecule has 172 valence electrons. The Morgan fingerprint density at radius 3 is 2.82 bits per heavy atom. The molecule has 1 fully saturated rings. The van der Waals surface area contributed by atoms with Crippen molar-refractivity contribution >= 4 is 6.09 Å². The number of aliphatic hydroxyl groups excluding tert-OH is 1. The third-order valence-electron chi connectivity index (χ3n) is 5.47. The van der Waals surface area contributed by atoms with Crippen molar-refractivity contribution in [3.05, 3.63) is 77.9 Å². The molecule has 4 rings (SSSR count). The van der Waals surface area contributed by atoms with Crippen molar-refractivity contribution in [3.8, 4) is 11.4 Å². The first-order valence-electron chi connectivity index (χ1n) is 10.5. The maximum Gasteiger partial charge on any atom is 0.410 e. The molecule has 2 aromatic carbocycles. The fourth-order valence-corrected chi connectivity index (χ4v) is 3.68. The summed E-state index contributed by atoms with van der Waals surface area (Å²) < 4.78 is 34.1. The zero-order chi connectivity index (χ0) is 23.3. The third-order valence-corrected chi connectivity index (χ3v) is 5.47. The second-order valence-corrected chi connectivity index (χ2v) is 7.71. The van der Waals surface area contributed by atoms with Gasteiger partial charge in [0.05, 0.1) is 6.04 Å². The Bertz CT molecular complexity index is 1090. The van der Waals surface area contributed by atoms with Gasteiger partial charge < -0.3 is 9.84 Å². The van der Waals surface area contributed by atoms with E-state index in [-0.39, 0.29) is 12.2 Å². The summed E-state index contributed by atoms with van der Waals surface area (Å²) >= 11 is 0. The van der Waals surface area contributed by atoms with E-state index in [9.17, 15) is 18.7 Å². The van der Waals surface area contributed by atoms with Gasteiger partial charge in [0.25, 0.3) is 0 Å². The van der Waals surface area contributed by atoms with E-state index in [1.54, 1.807) is 6.07 Å². The van der Waals surface area contributed by atoms with Crippen LogP contribution in [0.3, 0.4) is 0 Å². The highest BCUT2D eigenvalue weighted by Gasteiger charge is 2.39. The molecule has 2 unspecified atom stereocenters. The minimum Gasteiger partial charge on any atom is -0.447 e. The van der Waals surface area contributed by atoms with Crippen molar-refractivity contribution in [2.75, 3.05) is 13.2 Å². The number of aromatic amines is 1. The molecule has 1 aromatic heterocycles. The Morgan fingerprint density at radius 2 is 2.06 bits per heavy atom. The number of aryl methyl sites for hydroxylation is 1. The van der Waals surface area contributed by atoms with E-state index in [0.717, 1.165) is 17.2 Å². The summed E-state index contributed by atoms with van der Waals surface area (Å²) in [7, 11) is 0. The molecule has 2 atom stereocenters. The number of hydrogen-bond donors (Lipinski definition) is 2. The number of amides is 1. The molecule has 1 aliphatic rings. The van der Waals surface area contributed by atoms with Gasteiger partial charge in [-0.15, -0.1) is 5.10 Å². The Hall–Kier alpha value is -3.66. The highest BCUT2D eigenvalue weighted by molar-refractivity contribution is 5.70. The minimum atomic E-state index is -3.45. The lowest BCUT2D eigenvalue weighted by Crippen LogP contribution is -2.34. The van der Waals surface area contributed by atoms with Gasteiger partial charge in [-0.05, 0) is 34.9 Å². The summed E-state index contributed by atoms with van der Waals surface area (Å²) in [5, 5.41) is 23.8. The highest BCUT2D eigenvalue weighted by atomic mass is 19.3. The summed E-state index contributed by atoms with van der Waals surface area (Å²) in [6, 6.07) is 14.3. The van der Waals surface area contributed by atoms with Crippen LogP contribution in [-0.4, -0.2) is 62.0 Å². The number of H-pyrrole nitrogens is 1. The number of aromatic nitrogens is 4. The van der Waals surface area contributed by atoms with Crippen molar-refractivity contribution < 1.29 is 23.4 Å². The molecule has 2 N–H and O–H groups in total. The predicted octanol–water partition coefficient (Wildman–Crippen LogP) is 3.33. The molecule has 0 spiro atoms. The van der Waals surface area contributed by atoms with Crippen LogP contribution in [-0.2, 0) is 17.1 Å². The van der Waals surface area contributed by atoms with Gasteiger partial charge in [0.2, 0.25) is 0 Å². The van der Waals surface area contributed by atoms with Crippen LogP contribution in [0.5, 0.6) is 0 Å². The number of carbonyl (C=O) groups is 1. The first-order valence-corrected chi connectivity index (χ1v) is 10.5. The number of hydrogen-bond acceptors (Lipinski definition) is 6. The summed E-state index contributed by atoms with van der Waals surface area (Å²) in [5.74, 6) is -2.88. The molecule has 0 radical (unpaired) electrons. The Kier molecular flexibility index (Phi) is 6.74. The smallest absolute Gasteiger partial charge is 0.410 e.